The summed E-state index contributed by atoms with van der Waals surface area (Å²) in [5, 5.41) is 11.0. The fourth-order valence-electron chi connectivity index (χ4n) is 3.51. The Morgan fingerprint density at radius 1 is 1.04 bits per heavy atom. The second-order valence-corrected chi connectivity index (χ2v) is 6.51. The Morgan fingerprint density at radius 3 is 2.58 bits per heavy atom. The summed E-state index contributed by atoms with van der Waals surface area (Å²) in [6.07, 6.45) is 2.48. The van der Waals surface area contributed by atoms with Gasteiger partial charge in [-0.1, -0.05) is 24.3 Å². The van der Waals surface area contributed by atoms with Gasteiger partial charge < -0.3 is 4.57 Å². The quantitative estimate of drug-likeness (QED) is 0.501. The Bertz CT molecular complexity index is 919. The van der Waals surface area contributed by atoms with E-state index in [1.165, 1.54) is 18.9 Å². The van der Waals surface area contributed by atoms with Crippen molar-refractivity contribution in [2.24, 2.45) is 0 Å². The number of aromatic nitrogens is 2. The molecule has 136 valence electrons. The van der Waals surface area contributed by atoms with E-state index in [1.807, 2.05) is 24.3 Å². The van der Waals surface area contributed by atoms with Crippen LogP contribution < -0.4 is 0 Å². The SMILES string of the molecule is Cl.O=[N+]([O-])c1cccc(Cn2c(CN3CCCC3)nc3ccccc32)c1. The maximum absolute atomic E-state index is 11.0. The predicted octanol–water partition coefficient (Wildman–Crippen LogP) is 4.01. The van der Waals surface area contributed by atoms with Crippen molar-refractivity contribution in [2.45, 2.75) is 25.9 Å². The van der Waals surface area contributed by atoms with E-state index < -0.39 is 0 Å². The first-order chi connectivity index (χ1) is 12.2. The summed E-state index contributed by atoms with van der Waals surface area (Å²) >= 11 is 0. The molecule has 0 bridgehead atoms. The van der Waals surface area contributed by atoms with Crippen LogP contribution in [-0.2, 0) is 13.1 Å². The van der Waals surface area contributed by atoms with Gasteiger partial charge in [0.1, 0.15) is 5.82 Å². The van der Waals surface area contributed by atoms with E-state index in [9.17, 15) is 10.1 Å². The minimum Gasteiger partial charge on any atom is -0.322 e. The van der Waals surface area contributed by atoms with Gasteiger partial charge in [-0.3, -0.25) is 15.0 Å². The van der Waals surface area contributed by atoms with Gasteiger partial charge in [-0.15, -0.1) is 12.4 Å². The zero-order chi connectivity index (χ0) is 17.2. The van der Waals surface area contributed by atoms with Crippen molar-refractivity contribution >= 4 is 29.1 Å². The lowest BCUT2D eigenvalue weighted by molar-refractivity contribution is -0.384. The summed E-state index contributed by atoms with van der Waals surface area (Å²) in [5.74, 6) is 1.02. The monoisotopic (exact) mass is 372 g/mol. The lowest BCUT2D eigenvalue weighted by atomic mass is 10.2. The Hall–Kier alpha value is -2.44. The number of imidazole rings is 1. The molecule has 0 spiro atoms. The second-order valence-electron chi connectivity index (χ2n) is 6.51. The molecule has 3 aromatic rings. The molecule has 1 saturated heterocycles. The topological polar surface area (TPSA) is 64.2 Å². The molecule has 2 aromatic carbocycles. The van der Waals surface area contributed by atoms with Crippen LogP contribution >= 0.6 is 12.4 Å². The van der Waals surface area contributed by atoms with Crippen LogP contribution in [0.2, 0.25) is 0 Å². The maximum Gasteiger partial charge on any atom is 0.269 e. The Balaban J connectivity index is 0.00000196. The molecular weight excluding hydrogens is 352 g/mol. The average molecular weight is 373 g/mol. The molecule has 26 heavy (non-hydrogen) atoms. The number of rotatable bonds is 5. The largest absolute Gasteiger partial charge is 0.322 e. The third-order valence-corrected chi connectivity index (χ3v) is 4.76. The normalized spacial score (nSPS) is 14.5. The third-order valence-electron chi connectivity index (χ3n) is 4.76. The van der Waals surface area contributed by atoms with E-state index in [2.05, 4.69) is 15.5 Å². The lowest BCUT2D eigenvalue weighted by Gasteiger charge is -2.16. The number of halogens is 1. The zero-order valence-electron chi connectivity index (χ0n) is 14.4. The van der Waals surface area contributed by atoms with Crippen LogP contribution in [0.15, 0.2) is 48.5 Å². The van der Waals surface area contributed by atoms with Crippen molar-refractivity contribution in [1.82, 2.24) is 14.5 Å². The van der Waals surface area contributed by atoms with E-state index in [1.54, 1.807) is 12.1 Å². The molecule has 2 heterocycles. The highest BCUT2D eigenvalue weighted by Gasteiger charge is 2.17. The van der Waals surface area contributed by atoms with E-state index in [-0.39, 0.29) is 23.0 Å². The third kappa shape index (κ3) is 3.71. The number of nitro benzene ring substituents is 1. The molecule has 0 radical (unpaired) electrons. The predicted molar refractivity (Wildman–Crippen MR) is 104 cm³/mol. The van der Waals surface area contributed by atoms with Crippen LogP contribution in [0.5, 0.6) is 0 Å². The highest BCUT2D eigenvalue weighted by Crippen LogP contribution is 2.22. The van der Waals surface area contributed by atoms with E-state index in [4.69, 9.17) is 4.98 Å². The minimum atomic E-state index is -0.347. The number of para-hydroxylation sites is 2. The molecule has 0 atom stereocenters. The van der Waals surface area contributed by atoms with Gasteiger partial charge in [-0.05, 0) is 43.6 Å². The smallest absolute Gasteiger partial charge is 0.269 e. The Labute approximate surface area is 158 Å². The number of benzene rings is 2. The molecule has 0 aliphatic carbocycles. The molecular formula is C19H21ClN4O2. The molecule has 0 amide bonds. The van der Waals surface area contributed by atoms with Gasteiger partial charge in [0.15, 0.2) is 0 Å². The first-order valence-corrected chi connectivity index (χ1v) is 8.60. The molecule has 7 heteroatoms. The highest BCUT2D eigenvalue weighted by atomic mass is 35.5. The van der Waals surface area contributed by atoms with Crippen molar-refractivity contribution in [1.29, 1.82) is 0 Å². The van der Waals surface area contributed by atoms with Gasteiger partial charge in [-0.2, -0.15) is 0 Å². The molecule has 0 N–H and O–H groups in total. The summed E-state index contributed by atoms with van der Waals surface area (Å²) in [5.41, 5.74) is 3.09. The Morgan fingerprint density at radius 2 is 1.81 bits per heavy atom. The van der Waals surface area contributed by atoms with Gasteiger partial charge in [-0.25, -0.2) is 4.98 Å². The number of nitrogens with zero attached hydrogens (tertiary/aromatic N) is 4. The van der Waals surface area contributed by atoms with Crippen LogP contribution in [-0.4, -0.2) is 32.5 Å². The number of nitro groups is 1. The second kappa shape index (κ2) is 7.85. The van der Waals surface area contributed by atoms with Gasteiger partial charge >= 0.3 is 0 Å². The molecule has 1 aliphatic rings. The van der Waals surface area contributed by atoms with Crippen LogP contribution in [0.1, 0.15) is 24.2 Å². The summed E-state index contributed by atoms with van der Waals surface area (Å²) < 4.78 is 2.19. The lowest BCUT2D eigenvalue weighted by Crippen LogP contribution is -2.21. The summed E-state index contributed by atoms with van der Waals surface area (Å²) in [6.45, 7) is 3.63. The van der Waals surface area contributed by atoms with Gasteiger partial charge in [0, 0.05) is 18.7 Å². The summed E-state index contributed by atoms with van der Waals surface area (Å²) in [6, 6.07) is 14.9. The Kier molecular flexibility index (Phi) is 5.54. The fourth-order valence-corrected chi connectivity index (χ4v) is 3.51. The average Bonchev–Trinajstić information content (AvgIpc) is 3.24. The molecule has 1 fully saturated rings. The standard InChI is InChI=1S/C19H20N4O2.ClH/c24-23(25)16-7-5-6-15(12-16)13-22-18-9-2-1-8-17(18)20-19(22)14-21-10-3-4-11-21;/h1-2,5-9,12H,3-4,10-11,13-14H2;1H. The number of fused-ring (bicyclic) bond motifs is 1. The fraction of sp³-hybridized carbons (Fsp3) is 0.316. The number of likely N-dealkylation sites (tertiary alicyclic amines) is 1. The molecule has 1 aliphatic heterocycles. The minimum absolute atomic E-state index is 0. The molecule has 6 nitrogen and oxygen atoms in total. The molecule has 4 rings (SSSR count). The first-order valence-electron chi connectivity index (χ1n) is 8.60. The molecule has 0 unspecified atom stereocenters. The van der Waals surface area contributed by atoms with Crippen molar-refractivity contribution in [3.8, 4) is 0 Å². The van der Waals surface area contributed by atoms with E-state index in [0.717, 1.165) is 42.1 Å². The van der Waals surface area contributed by atoms with Crippen molar-refractivity contribution in [2.75, 3.05) is 13.1 Å². The van der Waals surface area contributed by atoms with Crippen LogP contribution in [0, 0.1) is 10.1 Å². The van der Waals surface area contributed by atoms with E-state index >= 15 is 0 Å². The zero-order valence-corrected chi connectivity index (χ0v) is 15.2. The van der Waals surface area contributed by atoms with Gasteiger partial charge in [0.25, 0.3) is 5.69 Å². The highest BCUT2D eigenvalue weighted by molar-refractivity contribution is 5.85. The number of hydrogen-bond acceptors (Lipinski definition) is 4. The number of non-ortho nitro benzene ring substituents is 1. The maximum atomic E-state index is 11.0. The number of hydrogen-bond donors (Lipinski definition) is 0. The summed E-state index contributed by atoms with van der Waals surface area (Å²) in [4.78, 5) is 17.9. The first kappa shape index (κ1) is 18.4. The van der Waals surface area contributed by atoms with E-state index in [0.29, 0.717) is 6.54 Å². The van der Waals surface area contributed by atoms with Crippen molar-refractivity contribution < 1.29 is 4.92 Å². The van der Waals surface area contributed by atoms with Crippen molar-refractivity contribution in [3.05, 3.63) is 70.0 Å². The summed E-state index contributed by atoms with van der Waals surface area (Å²) in [7, 11) is 0. The molecule has 1 aromatic heterocycles. The van der Waals surface area contributed by atoms with Crippen LogP contribution in [0.25, 0.3) is 11.0 Å². The van der Waals surface area contributed by atoms with Crippen molar-refractivity contribution in [3.63, 3.8) is 0 Å². The van der Waals surface area contributed by atoms with Crippen LogP contribution in [0.3, 0.4) is 0 Å². The molecule has 0 saturated carbocycles. The van der Waals surface area contributed by atoms with Gasteiger partial charge in [0.05, 0.1) is 22.5 Å². The van der Waals surface area contributed by atoms with Gasteiger partial charge in [0.2, 0.25) is 0 Å². The van der Waals surface area contributed by atoms with Crippen LogP contribution in [0.4, 0.5) is 5.69 Å².